The van der Waals surface area contributed by atoms with E-state index in [4.69, 9.17) is 5.73 Å². The Hall–Kier alpha value is -1.97. The van der Waals surface area contributed by atoms with E-state index in [1.165, 1.54) is 32.1 Å². The van der Waals surface area contributed by atoms with Crippen LogP contribution in [0, 0.1) is 0 Å². The van der Waals surface area contributed by atoms with E-state index in [1.807, 2.05) is 24.3 Å². The van der Waals surface area contributed by atoms with Crippen LogP contribution in [0.3, 0.4) is 0 Å². The van der Waals surface area contributed by atoms with Gasteiger partial charge in [0.25, 0.3) is 5.91 Å². The Kier molecular flexibility index (Phi) is 6.31. The SMILES string of the molecule is CCCCCCCCCc1nc2ccccc2nc1C(N)=O. The molecule has 1 aromatic carbocycles. The third kappa shape index (κ3) is 4.52. The molecule has 22 heavy (non-hydrogen) atoms. The first-order chi connectivity index (χ1) is 10.7. The minimum atomic E-state index is -0.490. The van der Waals surface area contributed by atoms with Crippen LogP contribution < -0.4 is 5.73 Å². The summed E-state index contributed by atoms with van der Waals surface area (Å²) in [4.78, 5) is 20.5. The monoisotopic (exact) mass is 299 g/mol. The van der Waals surface area contributed by atoms with Gasteiger partial charge in [-0.3, -0.25) is 4.79 Å². The van der Waals surface area contributed by atoms with Crippen molar-refractivity contribution in [2.75, 3.05) is 0 Å². The van der Waals surface area contributed by atoms with Crippen LogP contribution in [0.1, 0.15) is 68.1 Å². The number of carbonyl (C=O) groups excluding carboxylic acids is 1. The van der Waals surface area contributed by atoms with E-state index in [0.29, 0.717) is 5.69 Å². The fraction of sp³-hybridized carbons (Fsp3) is 0.500. The van der Waals surface area contributed by atoms with E-state index >= 15 is 0 Å². The molecule has 0 aliphatic rings. The molecule has 0 saturated heterocycles. The summed E-state index contributed by atoms with van der Waals surface area (Å²) < 4.78 is 0. The van der Waals surface area contributed by atoms with Crippen LogP contribution in [0.2, 0.25) is 0 Å². The van der Waals surface area contributed by atoms with Gasteiger partial charge in [0.05, 0.1) is 16.7 Å². The predicted octanol–water partition coefficient (Wildman–Crippen LogP) is 4.02. The number of amides is 1. The molecule has 4 heteroatoms. The number of aromatic nitrogens is 2. The zero-order valence-electron chi connectivity index (χ0n) is 13.3. The number of nitrogens with two attached hydrogens (primary N) is 1. The van der Waals surface area contributed by atoms with E-state index in [-0.39, 0.29) is 0 Å². The molecule has 1 heterocycles. The van der Waals surface area contributed by atoms with E-state index in [9.17, 15) is 4.79 Å². The van der Waals surface area contributed by atoms with E-state index in [0.717, 1.165) is 36.0 Å². The summed E-state index contributed by atoms with van der Waals surface area (Å²) in [7, 11) is 0. The molecule has 0 fully saturated rings. The van der Waals surface area contributed by atoms with Crippen LogP contribution in [0.5, 0.6) is 0 Å². The molecule has 0 unspecified atom stereocenters. The summed E-state index contributed by atoms with van der Waals surface area (Å²) in [6, 6.07) is 7.59. The van der Waals surface area contributed by atoms with Gasteiger partial charge in [-0.05, 0) is 25.0 Å². The molecule has 118 valence electrons. The smallest absolute Gasteiger partial charge is 0.269 e. The Morgan fingerprint density at radius 1 is 0.955 bits per heavy atom. The van der Waals surface area contributed by atoms with Crippen LogP contribution >= 0.6 is 0 Å². The fourth-order valence-corrected chi connectivity index (χ4v) is 2.66. The van der Waals surface area contributed by atoms with Gasteiger partial charge in [0.1, 0.15) is 5.69 Å². The highest BCUT2D eigenvalue weighted by Crippen LogP contribution is 2.16. The Morgan fingerprint density at radius 2 is 1.55 bits per heavy atom. The Labute approximate surface area is 132 Å². The van der Waals surface area contributed by atoms with Gasteiger partial charge in [-0.15, -0.1) is 0 Å². The van der Waals surface area contributed by atoms with Crippen molar-refractivity contribution in [3.05, 3.63) is 35.7 Å². The summed E-state index contributed by atoms with van der Waals surface area (Å²) in [5.74, 6) is -0.490. The lowest BCUT2D eigenvalue weighted by Crippen LogP contribution is -2.17. The van der Waals surface area contributed by atoms with Crippen molar-refractivity contribution in [3.8, 4) is 0 Å². The molecule has 2 N–H and O–H groups in total. The lowest BCUT2D eigenvalue weighted by Gasteiger charge is -2.07. The molecular weight excluding hydrogens is 274 g/mol. The number of carbonyl (C=O) groups is 1. The number of para-hydroxylation sites is 2. The molecule has 4 nitrogen and oxygen atoms in total. The van der Waals surface area contributed by atoms with E-state index in [1.54, 1.807) is 0 Å². The molecule has 0 bridgehead atoms. The van der Waals surface area contributed by atoms with Crippen molar-refractivity contribution in [1.82, 2.24) is 9.97 Å². The van der Waals surface area contributed by atoms with Crippen molar-refractivity contribution in [2.45, 2.75) is 58.3 Å². The first kappa shape index (κ1) is 16.4. The van der Waals surface area contributed by atoms with E-state index < -0.39 is 5.91 Å². The highest BCUT2D eigenvalue weighted by Gasteiger charge is 2.13. The first-order valence-corrected chi connectivity index (χ1v) is 8.28. The van der Waals surface area contributed by atoms with Crippen molar-refractivity contribution < 1.29 is 4.79 Å². The van der Waals surface area contributed by atoms with E-state index in [2.05, 4.69) is 16.9 Å². The molecule has 1 amide bonds. The molecule has 0 radical (unpaired) electrons. The second-order valence-electron chi connectivity index (χ2n) is 5.74. The minimum absolute atomic E-state index is 0.324. The topological polar surface area (TPSA) is 68.9 Å². The maximum atomic E-state index is 11.6. The third-order valence-electron chi connectivity index (χ3n) is 3.89. The molecule has 1 aromatic heterocycles. The van der Waals surface area contributed by atoms with Crippen LogP contribution in [0.4, 0.5) is 0 Å². The molecule has 2 rings (SSSR count). The highest BCUT2D eigenvalue weighted by atomic mass is 16.1. The average molecular weight is 299 g/mol. The number of unbranched alkanes of at least 4 members (excludes halogenated alkanes) is 6. The zero-order chi connectivity index (χ0) is 15.8. The molecule has 0 atom stereocenters. The quantitative estimate of drug-likeness (QED) is 0.711. The van der Waals surface area contributed by atoms with Crippen LogP contribution in [-0.2, 0) is 6.42 Å². The van der Waals surface area contributed by atoms with Gasteiger partial charge in [0.15, 0.2) is 0 Å². The fourth-order valence-electron chi connectivity index (χ4n) is 2.66. The maximum absolute atomic E-state index is 11.6. The number of primary amides is 1. The highest BCUT2D eigenvalue weighted by molar-refractivity contribution is 5.93. The molecule has 0 aliphatic heterocycles. The van der Waals surface area contributed by atoms with Crippen molar-refractivity contribution in [1.29, 1.82) is 0 Å². The largest absolute Gasteiger partial charge is 0.364 e. The number of hydrogen-bond acceptors (Lipinski definition) is 3. The second-order valence-corrected chi connectivity index (χ2v) is 5.74. The molecule has 0 saturated carbocycles. The summed E-state index contributed by atoms with van der Waals surface area (Å²) in [5, 5.41) is 0. The Bertz CT molecular complexity index is 625. The van der Waals surface area contributed by atoms with Gasteiger partial charge < -0.3 is 5.73 Å². The number of nitrogens with zero attached hydrogens (tertiary/aromatic N) is 2. The standard InChI is InChI=1S/C18H25N3O/c1-2-3-4-5-6-7-8-13-16-17(18(19)22)21-15-12-10-9-11-14(15)20-16/h9-12H,2-8,13H2,1H3,(H2,19,22). The number of hydrogen-bond donors (Lipinski definition) is 1. The normalized spacial score (nSPS) is 11.0. The number of benzene rings is 1. The zero-order valence-corrected chi connectivity index (χ0v) is 13.3. The summed E-state index contributed by atoms with van der Waals surface area (Å²) >= 11 is 0. The van der Waals surface area contributed by atoms with Gasteiger partial charge in [-0.25, -0.2) is 9.97 Å². The van der Waals surface area contributed by atoms with Gasteiger partial charge in [0.2, 0.25) is 0 Å². The van der Waals surface area contributed by atoms with Gasteiger partial charge >= 0.3 is 0 Å². The maximum Gasteiger partial charge on any atom is 0.269 e. The summed E-state index contributed by atoms with van der Waals surface area (Å²) in [5.41, 5.74) is 8.06. The van der Waals surface area contributed by atoms with Gasteiger partial charge in [0, 0.05) is 0 Å². The van der Waals surface area contributed by atoms with Crippen molar-refractivity contribution in [3.63, 3.8) is 0 Å². The second kappa shape index (κ2) is 8.47. The number of aryl methyl sites for hydroxylation is 1. The average Bonchev–Trinajstić information content (AvgIpc) is 2.53. The molecule has 0 spiro atoms. The number of fused-ring (bicyclic) bond motifs is 1. The van der Waals surface area contributed by atoms with Crippen LogP contribution in [0.15, 0.2) is 24.3 Å². The summed E-state index contributed by atoms with van der Waals surface area (Å²) in [6.07, 6.45) is 9.40. The first-order valence-electron chi connectivity index (χ1n) is 8.28. The summed E-state index contributed by atoms with van der Waals surface area (Å²) in [6.45, 7) is 2.23. The molecule has 0 aliphatic carbocycles. The Balaban J connectivity index is 1.97. The van der Waals surface area contributed by atoms with Gasteiger partial charge in [-0.2, -0.15) is 0 Å². The van der Waals surface area contributed by atoms with Crippen molar-refractivity contribution in [2.24, 2.45) is 5.73 Å². The molecular formula is C18H25N3O. The predicted molar refractivity (Wildman–Crippen MR) is 89.8 cm³/mol. The lowest BCUT2D eigenvalue weighted by molar-refractivity contribution is 0.0994. The number of rotatable bonds is 9. The Morgan fingerprint density at radius 3 is 2.18 bits per heavy atom. The molecule has 2 aromatic rings. The third-order valence-corrected chi connectivity index (χ3v) is 3.89. The van der Waals surface area contributed by atoms with Gasteiger partial charge in [-0.1, -0.05) is 57.6 Å². The van der Waals surface area contributed by atoms with Crippen LogP contribution in [-0.4, -0.2) is 15.9 Å². The van der Waals surface area contributed by atoms with Crippen molar-refractivity contribution >= 4 is 16.9 Å². The van der Waals surface area contributed by atoms with Crippen LogP contribution in [0.25, 0.3) is 11.0 Å². The minimum Gasteiger partial charge on any atom is -0.364 e. The lowest BCUT2D eigenvalue weighted by atomic mass is 10.1.